The molecule has 0 saturated carbocycles. The van der Waals surface area contributed by atoms with Crippen LogP contribution >= 0.6 is 11.6 Å². The summed E-state index contributed by atoms with van der Waals surface area (Å²) in [6.45, 7) is 0.640. The molecule has 17 heavy (non-hydrogen) atoms. The van der Waals surface area contributed by atoms with Gasteiger partial charge < -0.3 is 9.47 Å². The molecule has 0 aliphatic rings. The number of halogens is 1. The van der Waals surface area contributed by atoms with E-state index in [-0.39, 0.29) is 5.97 Å². The number of hydrogen-bond acceptors (Lipinski definition) is 3. The number of alkyl halides is 1. The van der Waals surface area contributed by atoms with Gasteiger partial charge in [-0.2, -0.15) is 0 Å². The molecule has 0 saturated heterocycles. The maximum Gasteiger partial charge on any atom is 0.337 e. The SMILES string of the molecule is COC(=O)c1cccc(OCCCCCCl)c1. The Balaban J connectivity index is 2.40. The van der Waals surface area contributed by atoms with E-state index < -0.39 is 0 Å². The predicted molar refractivity (Wildman–Crippen MR) is 67.8 cm³/mol. The van der Waals surface area contributed by atoms with Gasteiger partial charge in [-0.15, -0.1) is 11.6 Å². The lowest BCUT2D eigenvalue weighted by atomic mass is 10.2. The van der Waals surface area contributed by atoms with Gasteiger partial charge in [0.05, 0.1) is 19.3 Å². The molecule has 0 radical (unpaired) electrons. The van der Waals surface area contributed by atoms with E-state index in [9.17, 15) is 4.79 Å². The van der Waals surface area contributed by atoms with E-state index in [2.05, 4.69) is 4.74 Å². The molecule has 0 bridgehead atoms. The molecule has 0 amide bonds. The van der Waals surface area contributed by atoms with E-state index in [0.717, 1.165) is 19.3 Å². The minimum Gasteiger partial charge on any atom is -0.494 e. The lowest BCUT2D eigenvalue weighted by molar-refractivity contribution is 0.0600. The third kappa shape index (κ3) is 5.09. The van der Waals surface area contributed by atoms with E-state index in [1.54, 1.807) is 18.2 Å². The summed E-state index contributed by atoms with van der Waals surface area (Å²) in [5, 5.41) is 0. The van der Waals surface area contributed by atoms with Crippen molar-refractivity contribution in [2.75, 3.05) is 19.6 Å². The molecule has 3 nitrogen and oxygen atoms in total. The van der Waals surface area contributed by atoms with Crippen LogP contribution in [0.1, 0.15) is 29.6 Å². The number of carbonyl (C=O) groups is 1. The van der Waals surface area contributed by atoms with Crippen LogP contribution in [-0.2, 0) is 4.74 Å². The molecule has 0 heterocycles. The van der Waals surface area contributed by atoms with Crippen LogP contribution in [0.4, 0.5) is 0 Å². The lowest BCUT2D eigenvalue weighted by Gasteiger charge is -2.07. The molecule has 0 unspecified atom stereocenters. The number of ether oxygens (including phenoxy) is 2. The van der Waals surface area contributed by atoms with Gasteiger partial charge in [0, 0.05) is 5.88 Å². The molecule has 0 atom stereocenters. The minimum atomic E-state index is -0.349. The van der Waals surface area contributed by atoms with E-state index in [1.165, 1.54) is 7.11 Å². The zero-order valence-corrected chi connectivity index (χ0v) is 10.7. The highest BCUT2D eigenvalue weighted by Gasteiger charge is 2.05. The fourth-order valence-corrected chi connectivity index (χ4v) is 1.58. The first kappa shape index (κ1) is 13.8. The normalized spacial score (nSPS) is 10.0. The Bertz CT molecular complexity index is 352. The molecule has 1 aromatic rings. The summed E-state index contributed by atoms with van der Waals surface area (Å²) in [5.74, 6) is 1.04. The number of unbranched alkanes of at least 4 members (excludes halogenated alkanes) is 2. The van der Waals surface area contributed by atoms with Crippen molar-refractivity contribution in [2.45, 2.75) is 19.3 Å². The molecule has 1 rings (SSSR count). The van der Waals surface area contributed by atoms with Gasteiger partial charge in [0.25, 0.3) is 0 Å². The summed E-state index contributed by atoms with van der Waals surface area (Å²) in [4.78, 5) is 11.3. The third-order valence-electron chi connectivity index (χ3n) is 2.30. The van der Waals surface area contributed by atoms with Crippen LogP contribution in [0.2, 0.25) is 0 Å². The van der Waals surface area contributed by atoms with Gasteiger partial charge in [0.15, 0.2) is 0 Å². The summed E-state index contributed by atoms with van der Waals surface area (Å²) < 4.78 is 10.2. The van der Waals surface area contributed by atoms with Crippen molar-refractivity contribution in [3.05, 3.63) is 29.8 Å². The van der Waals surface area contributed by atoms with Crippen molar-refractivity contribution in [1.29, 1.82) is 0 Å². The standard InChI is InChI=1S/C13H17ClO3/c1-16-13(15)11-6-5-7-12(10-11)17-9-4-2-3-8-14/h5-7,10H,2-4,8-9H2,1H3. The first-order valence-corrected chi connectivity index (χ1v) is 6.18. The average Bonchev–Trinajstić information content (AvgIpc) is 2.38. The Morgan fingerprint density at radius 3 is 2.82 bits per heavy atom. The van der Waals surface area contributed by atoms with Gasteiger partial charge in [-0.1, -0.05) is 6.07 Å². The summed E-state index contributed by atoms with van der Waals surface area (Å²) in [6.07, 6.45) is 3.03. The Hall–Kier alpha value is -1.22. The highest BCUT2D eigenvalue weighted by Crippen LogP contribution is 2.14. The van der Waals surface area contributed by atoms with Crippen LogP contribution in [0.15, 0.2) is 24.3 Å². The fraction of sp³-hybridized carbons (Fsp3) is 0.462. The summed E-state index contributed by atoms with van der Waals surface area (Å²) in [7, 11) is 1.36. The van der Waals surface area contributed by atoms with E-state index in [1.807, 2.05) is 6.07 Å². The molecule has 1 aromatic carbocycles. The average molecular weight is 257 g/mol. The van der Waals surface area contributed by atoms with Crippen LogP contribution in [0.25, 0.3) is 0 Å². The second kappa shape index (κ2) is 7.96. The Kier molecular flexibility index (Phi) is 6.48. The molecule has 0 aliphatic carbocycles. The smallest absolute Gasteiger partial charge is 0.337 e. The highest BCUT2D eigenvalue weighted by molar-refractivity contribution is 6.17. The highest BCUT2D eigenvalue weighted by atomic mass is 35.5. The monoisotopic (exact) mass is 256 g/mol. The molecule has 0 aliphatic heterocycles. The predicted octanol–water partition coefficient (Wildman–Crippen LogP) is 3.26. The number of methoxy groups -OCH3 is 1. The first-order valence-electron chi connectivity index (χ1n) is 5.65. The number of carbonyl (C=O) groups excluding carboxylic acids is 1. The van der Waals surface area contributed by atoms with Crippen molar-refractivity contribution in [3.63, 3.8) is 0 Å². The van der Waals surface area contributed by atoms with Crippen LogP contribution in [-0.4, -0.2) is 25.6 Å². The fourth-order valence-electron chi connectivity index (χ4n) is 1.39. The van der Waals surface area contributed by atoms with E-state index >= 15 is 0 Å². The lowest BCUT2D eigenvalue weighted by Crippen LogP contribution is -2.02. The number of benzene rings is 1. The maximum absolute atomic E-state index is 11.3. The van der Waals surface area contributed by atoms with Crippen LogP contribution in [0, 0.1) is 0 Å². The molecule has 0 fully saturated rings. The van der Waals surface area contributed by atoms with Crippen molar-refractivity contribution in [2.24, 2.45) is 0 Å². The number of rotatable bonds is 7. The second-order valence-electron chi connectivity index (χ2n) is 3.62. The van der Waals surface area contributed by atoms with Gasteiger partial charge in [-0.25, -0.2) is 4.79 Å². The molecule has 94 valence electrons. The largest absolute Gasteiger partial charge is 0.494 e. The first-order chi connectivity index (χ1) is 8.27. The van der Waals surface area contributed by atoms with Gasteiger partial charge >= 0.3 is 5.97 Å². The van der Waals surface area contributed by atoms with Crippen molar-refractivity contribution >= 4 is 17.6 Å². The number of hydrogen-bond donors (Lipinski definition) is 0. The van der Waals surface area contributed by atoms with Gasteiger partial charge in [-0.3, -0.25) is 0 Å². The summed E-state index contributed by atoms with van der Waals surface area (Å²) in [6, 6.07) is 6.99. The van der Waals surface area contributed by atoms with Gasteiger partial charge in [0.2, 0.25) is 0 Å². The van der Waals surface area contributed by atoms with Gasteiger partial charge in [-0.05, 0) is 37.5 Å². The molecule has 4 heteroatoms. The van der Waals surface area contributed by atoms with Crippen LogP contribution in [0.5, 0.6) is 5.75 Å². The molecule has 0 aromatic heterocycles. The zero-order chi connectivity index (χ0) is 12.5. The zero-order valence-electron chi connectivity index (χ0n) is 9.95. The van der Waals surface area contributed by atoms with Gasteiger partial charge in [0.1, 0.15) is 5.75 Å². The van der Waals surface area contributed by atoms with E-state index in [0.29, 0.717) is 23.8 Å². The third-order valence-corrected chi connectivity index (χ3v) is 2.57. The Morgan fingerprint density at radius 1 is 1.29 bits per heavy atom. The summed E-state index contributed by atoms with van der Waals surface area (Å²) in [5.41, 5.74) is 0.505. The van der Waals surface area contributed by atoms with Crippen molar-refractivity contribution in [3.8, 4) is 5.75 Å². The Labute approximate surface area is 107 Å². The molecular formula is C13H17ClO3. The van der Waals surface area contributed by atoms with Crippen LogP contribution < -0.4 is 4.74 Å². The van der Waals surface area contributed by atoms with Crippen molar-refractivity contribution in [1.82, 2.24) is 0 Å². The van der Waals surface area contributed by atoms with E-state index in [4.69, 9.17) is 16.3 Å². The quantitative estimate of drug-likeness (QED) is 0.427. The minimum absolute atomic E-state index is 0.349. The molecule has 0 spiro atoms. The summed E-state index contributed by atoms with van der Waals surface area (Å²) >= 11 is 5.58. The molecular weight excluding hydrogens is 240 g/mol. The topological polar surface area (TPSA) is 35.5 Å². The van der Waals surface area contributed by atoms with Crippen LogP contribution in [0.3, 0.4) is 0 Å². The second-order valence-corrected chi connectivity index (χ2v) is 4.00. The number of esters is 1. The maximum atomic E-state index is 11.3. The van der Waals surface area contributed by atoms with Crippen molar-refractivity contribution < 1.29 is 14.3 Å². The Morgan fingerprint density at radius 2 is 2.12 bits per heavy atom. The molecule has 0 N–H and O–H groups in total.